The Morgan fingerprint density at radius 3 is 1.36 bits per heavy atom. The molecule has 2 aliphatic rings. The van der Waals surface area contributed by atoms with Crippen LogP contribution in [0.25, 0.3) is 0 Å². The molecule has 0 unspecified atom stereocenters. The van der Waals surface area contributed by atoms with Gasteiger partial charge in [0.25, 0.3) is 0 Å². The third-order valence-electron chi connectivity index (χ3n) is 3.47. The van der Waals surface area contributed by atoms with E-state index in [0.29, 0.717) is 0 Å². The van der Waals surface area contributed by atoms with Crippen molar-refractivity contribution in [3.8, 4) is 0 Å². The molecule has 1 N–H and O–H groups in total. The van der Waals surface area contributed by atoms with Gasteiger partial charge < -0.3 is 5.11 Å². The minimum Gasteiger partial charge on any atom is -0.393 e. The maximum atomic E-state index is 8.91. The van der Waals surface area contributed by atoms with Gasteiger partial charge in [0.15, 0.2) is 0 Å². The van der Waals surface area contributed by atoms with Gasteiger partial charge in [-0.2, -0.15) is 0 Å². The number of aliphatic hydroxyl groups excluding tert-OH is 1. The lowest BCUT2D eigenvalue weighted by atomic mass is 9.91. The fourth-order valence-electron chi connectivity index (χ4n) is 2.39. The highest BCUT2D eigenvalue weighted by Crippen LogP contribution is 2.22. The van der Waals surface area contributed by atoms with Crippen molar-refractivity contribution in [2.75, 3.05) is 0 Å². The Bertz CT molecular complexity index is 105. The van der Waals surface area contributed by atoms with Gasteiger partial charge >= 0.3 is 0 Å². The number of hydrogen-bond donors (Lipinski definition) is 1. The quantitative estimate of drug-likeness (QED) is 0.626. The van der Waals surface area contributed by atoms with Crippen molar-refractivity contribution in [2.24, 2.45) is 5.92 Å². The molecule has 1 nitrogen and oxygen atoms in total. The van der Waals surface area contributed by atoms with Crippen LogP contribution in [0.15, 0.2) is 0 Å². The standard InChI is InChI=1S/C7H14.C6H12O/c1-7-5-3-2-4-6-7;7-6-4-2-1-3-5-6/h7H,2-6H2,1H3;6-7H,1-5H2. The smallest absolute Gasteiger partial charge is 0.0540 e. The number of rotatable bonds is 0. The van der Waals surface area contributed by atoms with E-state index in [2.05, 4.69) is 6.92 Å². The first-order chi connectivity index (χ1) is 6.79. The van der Waals surface area contributed by atoms with Crippen molar-refractivity contribution < 1.29 is 5.11 Å². The fraction of sp³-hybridized carbons (Fsp3) is 1.00. The minimum absolute atomic E-state index is 0.0359. The van der Waals surface area contributed by atoms with E-state index >= 15 is 0 Å². The van der Waals surface area contributed by atoms with Crippen LogP contribution in [0.3, 0.4) is 0 Å². The highest BCUT2D eigenvalue weighted by molar-refractivity contribution is 4.61. The van der Waals surface area contributed by atoms with Gasteiger partial charge in [0.1, 0.15) is 0 Å². The maximum Gasteiger partial charge on any atom is 0.0540 e. The zero-order valence-electron chi connectivity index (χ0n) is 9.67. The molecule has 14 heavy (non-hydrogen) atoms. The average molecular weight is 198 g/mol. The van der Waals surface area contributed by atoms with Crippen LogP contribution in [-0.4, -0.2) is 11.2 Å². The van der Waals surface area contributed by atoms with Gasteiger partial charge in [-0.05, 0) is 18.8 Å². The summed E-state index contributed by atoms with van der Waals surface area (Å²) >= 11 is 0. The molecule has 0 heterocycles. The summed E-state index contributed by atoms with van der Waals surface area (Å²) in [5.41, 5.74) is 0. The van der Waals surface area contributed by atoms with Gasteiger partial charge in [-0.1, -0.05) is 58.3 Å². The van der Waals surface area contributed by atoms with Gasteiger partial charge in [-0.3, -0.25) is 0 Å². The summed E-state index contributed by atoms with van der Waals surface area (Å²) < 4.78 is 0. The molecule has 0 atom stereocenters. The van der Waals surface area contributed by atoms with Crippen LogP contribution in [0.5, 0.6) is 0 Å². The first-order valence-corrected chi connectivity index (χ1v) is 6.47. The molecule has 0 saturated heterocycles. The second-order valence-electron chi connectivity index (χ2n) is 5.04. The Morgan fingerprint density at radius 2 is 1.14 bits per heavy atom. The van der Waals surface area contributed by atoms with Crippen LogP contribution in [0.1, 0.15) is 71.1 Å². The Hall–Kier alpha value is -0.0400. The van der Waals surface area contributed by atoms with E-state index in [1.165, 1.54) is 51.4 Å². The van der Waals surface area contributed by atoms with E-state index in [1.54, 1.807) is 0 Å². The van der Waals surface area contributed by atoms with Crippen LogP contribution in [-0.2, 0) is 0 Å². The van der Waals surface area contributed by atoms with Crippen molar-refractivity contribution in [3.63, 3.8) is 0 Å². The summed E-state index contributed by atoms with van der Waals surface area (Å²) in [5, 5.41) is 8.91. The average Bonchev–Trinajstić information content (AvgIpc) is 2.21. The van der Waals surface area contributed by atoms with Gasteiger partial charge in [-0.25, -0.2) is 0 Å². The third kappa shape index (κ3) is 5.64. The van der Waals surface area contributed by atoms with Crippen LogP contribution < -0.4 is 0 Å². The molecule has 84 valence electrons. The number of aliphatic hydroxyl groups is 1. The zero-order chi connectivity index (χ0) is 10.2. The minimum atomic E-state index is 0.0359. The lowest BCUT2D eigenvalue weighted by Gasteiger charge is -2.15. The van der Waals surface area contributed by atoms with E-state index in [4.69, 9.17) is 5.11 Å². The fourth-order valence-corrected chi connectivity index (χ4v) is 2.39. The largest absolute Gasteiger partial charge is 0.393 e. The van der Waals surface area contributed by atoms with Gasteiger partial charge in [0.2, 0.25) is 0 Å². The van der Waals surface area contributed by atoms with Gasteiger partial charge in [0.05, 0.1) is 6.10 Å². The lowest BCUT2D eigenvalue weighted by molar-refractivity contribution is 0.130. The monoisotopic (exact) mass is 198 g/mol. The lowest BCUT2D eigenvalue weighted by Crippen LogP contribution is -2.09. The predicted molar refractivity (Wildman–Crippen MR) is 61.3 cm³/mol. The summed E-state index contributed by atoms with van der Waals surface area (Å²) in [7, 11) is 0. The molecule has 2 saturated carbocycles. The molecule has 0 aliphatic heterocycles. The van der Waals surface area contributed by atoms with Crippen molar-refractivity contribution in [2.45, 2.75) is 77.2 Å². The molecule has 0 bridgehead atoms. The third-order valence-corrected chi connectivity index (χ3v) is 3.47. The highest BCUT2D eigenvalue weighted by Gasteiger charge is 2.07. The molecule has 1 heteroatoms. The highest BCUT2D eigenvalue weighted by atomic mass is 16.3. The van der Waals surface area contributed by atoms with Crippen LogP contribution in [0.4, 0.5) is 0 Å². The van der Waals surface area contributed by atoms with Gasteiger partial charge in [0, 0.05) is 0 Å². The maximum absolute atomic E-state index is 8.91. The van der Waals surface area contributed by atoms with E-state index in [0.717, 1.165) is 18.8 Å². The summed E-state index contributed by atoms with van der Waals surface area (Å²) in [5.74, 6) is 1.04. The van der Waals surface area contributed by atoms with E-state index in [1.807, 2.05) is 0 Å². The van der Waals surface area contributed by atoms with E-state index < -0.39 is 0 Å². The molecule has 0 aromatic carbocycles. The number of hydrogen-bond acceptors (Lipinski definition) is 1. The molecule has 0 spiro atoms. The zero-order valence-corrected chi connectivity index (χ0v) is 9.67. The molecule has 2 fully saturated rings. The predicted octanol–water partition coefficient (Wildman–Crippen LogP) is 3.90. The van der Waals surface area contributed by atoms with Crippen LogP contribution in [0, 0.1) is 5.92 Å². The van der Waals surface area contributed by atoms with Crippen molar-refractivity contribution in [1.82, 2.24) is 0 Å². The molecule has 0 aromatic rings. The normalized spacial score (nSPS) is 25.3. The van der Waals surface area contributed by atoms with E-state index in [-0.39, 0.29) is 6.10 Å². The molecule has 0 amide bonds. The second kappa shape index (κ2) is 7.28. The molecular formula is C13H26O. The van der Waals surface area contributed by atoms with Crippen LogP contribution in [0.2, 0.25) is 0 Å². The molecule has 0 aromatic heterocycles. The Labute approximate surface area is 88.9 Å². The topological polar surface area (TPSA) is 20.2 Å². The van der Waals surface area contributed by atoms with Crippen molar-refractivity contribution >= 4 is 0 Å². The second-order valence-corrected chi connectivity index (χ2v) is 5.04. The Balaban J connectivity index is 0.000000140. The molecular weight excluding hydrogens is 172 g/mol. The van der Waals surface area contributed by atoms with Gasteiger partial charge in [-0.15, -0.1) is 0 Å². The van der Waals surface area contributed by atoms with Crippen molar-refractivity contribution in [3.05, 3.63) is 0 Å². The first-order valence-electron chi connectivity index (χ1n) is 6.47. The molecule has 2 rings (SSSR count). The van der Waals surface area contributed by atoms with E-state index in [9.17, 15) is 0 Å². The summed E-state index contributed by atoms with van der Waals surface area (Å²) in [4.78, 5) is 0. The SMILES string of the molecule is CC1CCCCC1.OC1CCCCC1. The first kappa shape index (κ1) is 12.0. The summed E-state index contributed by atoms with van der Waals surface area (Å²) in [6.45, 7) is 2.36. The Kier molecular flexibility index (Phi) is 6.25. The molecule has 2 aliphatic carbocycles. The Morgan fingerprint density at radius 1 is 0.714 bits per heavy atom. The molecule has 0 radical (unpaired) electrons. The summed E-state index contributed by atoms with van der Waals surface area (Å²) in [6.07, 6.45) is 13.4. The van der Waals surface area contributed by atoms with Crippen LogP contribution >= 0.6 is 0 Å². The van der Waals surface area contributed by atoms with Crippen molar-refractivity contribution in [1.29, 1.82) is 0 Å². The summed E-state index contributed by atoms with van der Waals surface area (Å²) in [6, 6.07) is 0.